The molecule has 0 saturated heterocycles. The van der Waals surface area contributed by atoms with E-state index in [0.717, 1.165) is 5.56 Å². The summed E-state index contributed by atoms with van der Waals surface area (Å²) in [5, 5.41) is 2.61. The molecule has 1 aromatic carbocycles. The van der Waals surface area contributed by atoms with Crippen LogP contribution in [0.15, 0.2) is 66.3 Å². The van der Waals surface area contributed by atoms with E-state index in [2.05, 4.69) is 21.6 Å². The summed E-state index contributed by atoms with van der Waals surface area (Å²) >= 11 is 0. The molecule has 0 radical (unpaired) electrons. The lowest BCUT2D eigenvalue weighted by Gasteiger charge is -2.08. The minimum atomic E-state index is -3.71. The van der Waals surface area contributed by atoms with Crippen molar-refractivity contribution in [2.24, 2.45) is 0 Å². The minimum Gasteiger partial charge on any atom is -0.349 e. The molecule has 7 heteroatoms. The molecule has 0 fully saturated rings. The van der Waals surface area contributed by atoms with Gasteiger partial charge >= 0.3 is 0 Å². The van der Waals surface area contributed by atoms with Crippen molar-refractivity contribution in [3.05, 3.63) is 72.6 Å². The number of nitrogens with one attached hydrogen (secondary N) is 2. The Morgan fingerprint density at radius 3 is 2.65 bits per heavy atom. The maximum absolute atomic E-state index is 12.3. The first-order valence-corrected chi connectivity index (χ1v) is 8.39. The monoisotopic (exact) mass is 331 g/mol. The number of rotatable bonds is 7. The highest BCUT2D eigenvalue weighted by Gasteiger charge is 2.15. The van der Waals surface area contributed by atoms with Crippen molar-refractivity contribution in [3.63, 3.8) is 0 Å². The van der Waals surface area contributed by atoms with Gasteiger partial charge in [0, 0.05) is 31.0 Å². The van der Waals surface area contributed by atoms with E-state index in [1.54, 1.807) is 36.7 Å². The fourth-order valence-electron chi connectivity index (χ4n) is 1.83. The number of carbonyl (C=O) groups excluding carboxylic acids is 1. The highest BCUT2D eigenvalue weighted by Crippen LogP contribution is 2.12. The Balaban J connectivity index is 2.13. The van der Waals surface area contributed by atoms with Gasteiger partial charge in [0.25, 0.3) is 5.91 Å². The molecule has 0 unspecified atom stereocenters. The lowest BCUT2D eigenvalue weighted by molar-refractivity contribution is 0.0958. The van der Waals surface area contributed by atoms with Crippen LogP contribution in [0.2, 0.25) is 0 Å². The Morgan fingerprint density at radius 1 is 1.22 bits per heavy atom. The number of amides is 1. The molecule has 2 rings (SSSR count). The van der Waals surface area contributed by atoms with Crippen LogP contribution >= 0.6 is 0 Å². The summed E-state index contributed by atoms with van der Waals surface area (Å²) in [6.07, 6.45) is 4.73. The summed E-state index contributed by atoms with van der Waals surface area (Å²) in [5.74, 6) is -0.351. The van der Waals surface area contributed by atoms with Gasteiger partial charge < -0.3 is 5.32 Å². The number of hydrogen-bond acceptors (Lipinski definition) is 4. The zero-order valence-electron chi connectivity index (χ0n) is 12.4. The molecule has 1 heterocycles. The molecule has 2 N–H and O–H groups in total. The van der Waals surface area contributed by atoms with E-state index >= 15 is 0 Å². The number of hydrogen-bond donors (Lipinski definition) is 2. The van der Waals surface area contributed by atoms with Gasteiger partial charge in [-0.15, -0.1) is 6.58 Å². The average Bonchev–Trinajstić information content (AvgIpc) is 2.59. The predicted molar refractivity (Wildman–Crippen MR) is 87.2 cm³/mol. The van der Waals surface area contributed by atoms with Crippen LogP contribution in [0.1, 0.15) is 15.9 Å². The highest BCUT2D eigenvalue weighted by molar-refractivity contribution is 7.89. The Labute approximate surface area is 135 Å². The van der Waals surface area contributed by atoms with Crippen LogP contribution in [-0.2, 0) is 16.6 Å². The van der Waals surface area contributed by atoms with Gasteiger partial charge in [-0.2, -0.15) is 0 Å². The average molecular weight is 331 g/mol. The fourth-order valence-corrected chi connectivity index (χ4v) is 2.90. The molecule has 0 aliphatic rings. The first-order valence-electron chi connectivity index (χ1n) is 6.90. The first kappa shape index (κ1) is 16.9. The molecule has 0 bridgehead atoms. The molecular weight excluding hydrogens is 314 g/mol. The normalized spacial score (nSPS) is 11.0. The number of benzene rings is 1. The topological polar surface area (TPSA) is 88.2 Å². The van der Waals surface area contributed by atoms with Crippen molar-refractivity contribution in [1.82, 2.24) is 15.0 Å². The second-order valence-electron chi connectivity index (χ2n) is 4.71. The van der Waals surface area contributed by atoms with E-state index in [9.17, 15) is 13.2 Å². The second kappa shape index (κ2) is 7.66. The second-order valence-corrected chi connectivity index (χ2v) is 6.47. The van der Waals surface area contributed by atoms with Gasteiger partial charge in [0.15, 0.2) is 0 Å². The lowest BCUT2D eigenvalue weighted by Crippen LogP contribution is -2.25. The maximum atomic E-state index is 12.3. The Morgan fingerprint density at radius 2 is 1.96 bits per heavy atom. The SMILES string of the molecule is C=CCNC(=O)c1cccc(S(=O)(=O)NCc2ccncc2)c1. The number of nitrogens with zero attached hydrogens (tertiary/aromatic N) is 1. The van der Waals surface area contributed by atoms with Gasteiger partial charge in [0.1, 0.15) is 0 Å². The van der Waals surface area contributed by atoms with E-state index in [1.807, 2.05) is 0 Å². The van der Waals surface area contributed by atoms with Crippen LogP contribution in [-0.4, -0.2) is 25.9 Å². The third kappa shape index (κ3) is 4.73. The number of pyridine rings is 1. The van der Waals surface area contributed by atoms with Crippen LogP contribution in [0.5, 0.6) is 0 Å². The molecule has 0 aliphatic carbocycles. The number of sulfonamides is 1. The summed E-state index contributed by atoms with van der Waals surface area (Å²) < 4.78 is 27.1. The van der Waals surface area contributed by atoms with Crippen molar-refractivity contribution >= 4 is 15.9 Å². The number of carbonyl (C=O) groups is 1. The van der Waals surface area contributed by atoms with Crippen LogP contribution in [0.3, 0.4) is 0 Å². The summed E-state index contributed by atoms with van der Waals surface area (Å²) in [7, 11) is -3.71. The molecule has 1 amide bonds. The highest BCUT2D eigenvalue weighted by atomic mass is 32.2. The van der Waals surface area contributed by atoms with Gasteiger partial charge in [0.2, 0.25) is 10.0 Å². The quantitative estimate of drug-likeness (QED) is 0.752. The van der Waals surface area contributed by atoms with Crippen LogP contribution in [0.25, 0.3) is 0 Å². The zero-order chi connectivity index (χ0) is 16.7. The zero-order valence-corrected chi connectivity index (χ0v) is 13.2. The summed E-state index contributed by atoms with van der Waals surface area (Å²) in [6.45, 7) is 3.98. The van der Waals surface area contributed by atoms with Crippen LogP contribution in [0, 0.1) is 0 Å². The van der Waals surface area contributed by atoms with Crippen LogP contribution in [0.4, 0.5) is 0 Å². The maximum Gasteiger partial charge on any atom is 0.251 e. The van der Waals surface area contributed by atoms with E-state index in [4.69, 9.17) is 0 Å². The summed E-state index contributed by atoms with van der Waals surface area (Å²) in [5.41, 5.74) is 1.07. The van der Waals surface area contributed by atoms with Gasteiger partial charge in [-0.1, -0.05) is 12.1 Å². The van der Waals surface area contributed by atoms with Crippen molar-refractivity contribution in [2.75, 3.05) is 6.54 Å². The Bertz CT molecular complexity index is 789. The molecule has 1 aromatic heterocycles. The van der Waals surface area contributed by atoms with Gasteiger partial charge in [-0.25, -0.2) is 13.1 Å². The number of aromatic nitrogens is 1. The Hall–Kier alpha value is -2.51. The Kier molecular flexibility index (Phi) is 5.61. The smallest absolute Gasteiger partial charge is 0.251 e. The minimum absolute atomic E-state index is 0.0396. The molecule has 0 saturated carbocycles. The van der Waals surface area contributed by atoms with Gasteiger partial charge in [-0.3, -0.25) is 9.78 Å². The molecule has 23 heavy (non-hydrogen) atoms. The van der Waals surface area contributed by atoms with E-state index in [-0.39, 0.29) is 22.9 Å². The third-order valence-electron chi connectivity index (χ3n) is 3.03. The summed E-state index contributed by atoms with van der Waals surface area (Å²) in [6, 6.07) is 9.32. The molecule has 0 atom stereocenters. The van der Waals surface area contributed by atoms with E-state index in [1.165, 1.54) is 18.2 Å². The molecule has 0 spiro atoms. The van der Waals surface area contributed by atoms with Crippen molar-refractivity contribution < 1.29 is 13.2 Å². The van der Waals surface area contributed by atoms with Gasteiger partial charge in [-0.05, 0) is 35.9 Å². The van der Waals surface area contributed by atoms with Crippen molar-refractivity contribution in [3.8, 4) is 0 Å². The fraction of sp³-hybridized carbons (Fsp3) is 0.125. The van der Waals surface area contributed by atoms with E-state index in [0.29, 0.717) is 6.54 Å². The third-order valence-corrected chi connectivity index (χ3v) is 4.43. The van der Waals surface area contributed by atoms with Crippen molar-refractivity contribution in [2.45, 2.75) is 11.4 Å². The van der Waals surface area contributed by atoms with E-state index < -0.39 is 10.0 Å². The lowest BCUT2D eigenvalue weighted by atomic mass is 10.2. The van der Waals surface area contributed by atoms with Crippen LogP contribution < -0.4 is 10.0 Å². The molecule has 2 aromatic rings. The van der Waals surface area contributed by atoms with Gasteiger partial charge in [0.05, 0.1) is 4.90 Å². The molecule has 6 nitrogen and oxygen atoms in total. The molecule has 0 aliphatic heterocycles. The largest absolute Gasteiger partial charge is 0.349 e. The van der Waals surface area contributed by atoms with Crippen molar-refractivity contribution in [1.29, 1.82) is 0 Å². The molecule has 120 valence electrons. The standard InChI is InChI=1S/C16H17N3O3S/c1-2-8-18-16(20)14-4-3-5-15(11-14)23(21,22)19-12-13-6-9-17-10-7-13/h2-7,9-11,19H,1,8,12H2,(H,18,20). The summed E-state index contributed by atoms with van der Waals surface area (Å²) in [4.78, 5) is 15.8. The molecular formula is C16H17N3O3S. The predicted octanol–water partition coefficient (Wildman–Crippen LogP) is 1.48. The first-order chi connectivity index (χ1) is 11.0.